The van der Waals surface area contributed by atoms with Crippen LogP contribution in [0.3, 0.4) is 0 Å². The van der Waals surface area contributed by atoms with E-state index in [-0.39, 0.29) is 0 Å². The van der Waals surface area contributed by atoms with Crippen molar-refractivity contribution < 1.29 is 0 Å². The number of benzene rings is 1. The second-order valence-electron chi connectivity index (χ2n) is 3.53. The van der Waals surface area contributed by atoms with Crippen molar-refractivity contribution in [3.63, 3.8) is 0 Å². The predicted molar refractivity (Wildman–Crippen MR) is 63.1 cm³/mol. The molecule has 0 radical (unpaired) electrons. The van der Waals surface area contributed by atoms with Crippen molar-refractivity contribution in [2.75, 3.05) is 0 Å². The van der Waals surface area contributed by atoms with Crippen LogP contribution in [0, 0.1) is 18.3 Å². The van der Waals surface area contributed by atoms with E-state index in [1.54, 1.807) is 16.7 Å². The van der Waals surface area contributed by atoms with E-state index in [1.165, 1.54) is 0 Å². The summed E-state index contributed by atoms with van der Waals surface area (Å²) >= 11 is 5.82. The number of nitriles is 1. The summed E-state index contributed by atoms with van der Waals surface area (Å²) in [5.74, 6) is 0.821. The number of hydrogen-bond acceptors (Lipinski definition) is 2. The van der Waals surface area contributed by atoms with Crippen molar-refractivity contribution in [1.82, 2.24) is 9.55 Å². The first-order valence-electron chi connectivity index (χ1n) is 4.83. The molecule has 0 aliphatic carbocycles. The van der Waals surface area contributed by atoms with E-state index in [4.69, 9.17) is 16.9 Å². The number of halogens is 1. The van der Waals surface area contributed by atoms with Gasteiger partial charge in [0.05, 0.1) is 0 Å². The number of rotatable bonds is 1. The maximum atomic E-state index is 9.09. The fourth-order valence-electron chi connectivity index (χ4n) is 1.55. The second-order valence-corrected chi connectivity index (χ2v) is 3.97. The van der Waals surface area contributed by atoms with Crippen molar-refractivity contribution in [2.24, 2.45) is 7.05 Å². The SMILES string of the molecule is Cc1nc(-c2ccc(Cl)cc2)c(C#N)n1C. The van der Waals surface area contributed by atoms with Crippen LogP contribution in [-0.2, 0) is 7.05 Å². The summed E-state index contributed by atoms with van der Waals surface area (Å²) in [5.41, 5.74) is 2.18. The molecule has 0 N–H and O–H groups in total. The Bertz CT molecular complexity index is 561. The highest BCUT2D eigenvalue weighted by atomic mass is 35.5. The van der Waals surface area contributed by atoms with Crippen LogP contribution < -0.4 is 0 Å². The molecule has 0 bridgehead atoms. The molecule has 1 aromatic heterocycles. The van der Waals surface area contributed by atoms with Gasteiger partial charge in [-0.25, -0.2) is 4.98 Å². The minimum atomic E-state index is 0.569. The Balaban J connectivity index is 2.61. The molecule has 0 spiro atoms. The Labute approximate surface area is 98.9 Å². The Morgan fingerprint density at radius 3 is 2.50 bits per heavy atom. The fourth-order valence-corrected chi connectivity index (χ4v) is 1.67. The normalized spacial score (nSPS) is 10.1. The first-order chi connectivity index (χ1) is 7.63. The summed E-state index contributed by atoms with van der Waals surface area (Å²) in [6, 6.07) is 9.48. The topological polar surface area (TPSA) is 41.6 Å². The number of hydrogen-bond donors (Lipinski definition) is 0. The van der Waals surface area contributed by atoms with E-state index < -0.39 is 0 Å². The van der Waals surface area contributed by atoms with Crippen LogP contribution in [0.5, 0.6) is 0 Å². The molecule has 0 aliphatic heterocycles. The molecule has 0 saturated carbocycles. The monoisotopic (exact) mass is 231 g/mol. The molecular formula is C12H10ClN3. The van der Waals surface area contributed by atoms with E-state index in [0.717, 1.165) is 11.4 Å². The van der Waals surface area contributed by atoms with Gasteiger partial charge < -0.3 is 4.57 Å². The fraction of sp³-hybridized carbons (Fsp3) is 0.167. The molecule has 0 amide bonds. The van der Waals surface area contributed by atoms with E-state index in [9.17, 15) is 0 Å². The highest BCUT2D eigenvalue weighted by Gasteiger charge is 2.13. The zero-order valence-electron chi connectivity index (χ0n) is 9.03. The molecule has 1 heterocycles. The van der Waals surface area contributed by atoms with Gasteiger partial charge in [-0.2, -0.15) is 5.26 Å². The molecule has 0 aliphatic rings. The molecule has 4 heteroatoms. The lowest BCUT2D eigenvalue weighted by Gasteiger charge is -1.98. The lowest BCUT2D eigenvalue weighted by molar-refractivity contribution is 0.845. The maximum Gasteiger partial charge on any atom is 0.147 e. The lowest BCUT2D eigenvalue weighted by atomic mass is 10.1. The number of nitrogens with zero attached hydrogens (tertiary/aromatic N) is 3. The van der Waals surface area contributed by atoms with Crippen LogP contribution in [0.4, 0.5) is 0 Å². The third-order valence-corrected chi connectivity index (χ3v) is 2.79. The smallest absolute Gasteiger partial charge is 0.147 e. The lowest BCUT2D eigenvalue weighted by Crippen LogP contribution is -1.94. The van der Waals surface area contributed by atoms with Gasteiger partial charge in [-0.15, -0.1) is 0 Å². The van der Waals surface area contributed by atoms with Crippen molar-refractivity contribution in [1.29, 1.82) is 5.26 Å². The minimum absolute atomic E-state index is 0.569. The van der Waals surface area contributed by atoms with Crippen molar-refractivity contribution in [2.45, 2.75) is 6.92 Å². The van der Waals surface area contributed by atoms with E-state index >= 15 is 0 Å². The Morgan fingerprint density at radius 2 is 1.94 bits per heavy atom. The number of aromatic nitrogens is 2. The third kappa shape index (κ3) is 1.68. The quantitative estimate of drug-likeness (QED) is 0.757. The summed E-state index contributed by atoms with van der Waals surface area (Å²) in [6.45, 7) is 1.88. The van der Waals surface area contributed by atoms with Gasteiger partial charge in [-0.3, -0.25) is 0 Å². The second kappa shape index (κ2) is 3.99. The van der Waals surface area contributed by atoms with Gasteiger partial charge >= 0.3 is 0 Å². The molecule has 0 unspecified atom stereocenters. The summed E-state index contributed by atoms with van der Waals surface area (Å²) in [6.07, 6.45) is 0. The van der Waals surface area contributed by atoms with Crippen LogP contribution >= 0.6 is 11.6 Å². The summed E-state index contributed by atoms with van der Waals surface area (Å²) in [4.78, 5) is 4.38. The molecule has 0 fully saturated rings. The first-order valence-corrected chi connectivity index (χ1v) is 5.20. The highest BCUT2D eigenvalue weighted by molar-refractivity contribution is 6.30. The van der Waals surface area contributed by atoms with Crippen LogP contribution in [-0.4, -0.2) is 9.55 Å². The average Bonchev–Trinajstić information content (AvgIpc) is 2.56. The highest BCUT2D eigenvalue weighted by Crippen LogP contribution is 2.24. The summed E-state index contributed by atoms with van der Waals surface area (Å²) in [7, 11) is 1.83. The molecule has 2 aromatic rings. The standard InChI is InChI=1S/C12H10ClN3/c1-8-15-12(11(7-14)16(8)2)9-3-5-10(13)6-4-9/h3-6H,1-2H3. The Kier molecular flexibility index (Phi) is 2.67. The van der Waals surface area contributed by atoms with E-state index in [2.05, 4.69) is 11.1 Å². The van der Waals surface area contributed by atoms with E-state index in [0.29, 0.717) is 16.4 Å². The summed E-state index contributed by atoms with van der Waals surface area (Å²) in [5, 5.41) is 9.77. The predicted octanol–water partition coefficient (Wildman–Crippen LogP) is 2.92. The third-order valence-electron chi connectivity index (χ3n) is 2.54. The molecule has 80 valence electrons. The Hall–Kier alpha value is -1.79. The molecule has 16 heavy (non-hydrogen) atoms. The molecule has 0 saturated heterocycles. The van der Waals surface area contributed by atoms with Gasteiger partial charge in [0.1, 0.15) is 23.3 Å². The van der Waals surface area contributed by atoms with Gasteiger partial charge in [-0.1, -0.05) is 23.7 Å². The number of aryl methyl sites for hydroxylation is 1. The van der Waals surface area contributed by atoms with Gasteiger partial charge in [0.25, 0.3) is 0 Å². The molecule has 2 rings (SSSR count). The minimum Gasteiger partial charge on any atom is -0.323 e. The van der Waals surface area contributed by atoms with Crippen molar-refractivity contribution in [3.8, 4) is 17.3 Å². The van der Waals surface area contributed by atoms with Crippen molar-refractivity contribution in [3.05, 3.63) is 40.8 Å². The van der Waals surface area contributed by atoms with Crippen molar-refractivity contribution >= 4 is 11.6 Å². The van der Waals surface area contributed by atoms with Gasteiger partial charge in [0, 0.05) is 17.6 Å². The molecule has 3 nitrogen and oxygen atoms in total. The van der Waals surface area contributed by atoms with Crippen LogP contribution in [0.1, 0.15) is 11.5 Å². The van der Waals surface area contributed by atoms with Crippen LogP contribution in [0.25, 0.3) is 11.3 Å². The van der Waals surface area contributed by atoms with Gasteiger partial charge in [0.2, 0.25) is 0 Å². The van der Waals surface area contributed by atoms with Crippen LogP contribution in [0.2, 0.25) is 5.02 Å². The zero-order chi connectivity index (χ0) is 11.7. The average molecular weight is 232 g/mol. The van der Waals surface area contributed by atoms with Gasteiger partial charge in [-0.05, 0) is 19.1 Å². The Morgan fingerprint density at radius 1 is 1.31 bits per heavy atom. The molecule has 0 atom stereocenters. The number of imidazole rings is 1. The first kappa shape index (κ1) is 10.7. The van der Waals surface area contributed by atoms with Crippen LogP contribution in [0.15, 0.2) is 24.3 Å². The van der Waals surface area contributed by atoms with E-state index in [1.807, 2.05) is 26.1 Å². The zero-order valence-corrected chi connectivity index (χ0v) is 9.78. The largest absolute Gasteiger partial charge is 0.323 e. The summed E-state index contributed by atoms with van der Waals surface area (Å²) < 4.78 is 1.78. The van der Waals surface area contributed by atoms with Gasteiger partial charge in [0.15, 0.2) is 0 Å². The molecule has 1 aromatic carbocycles. The molecular weight excluding hydrogens is 222 g/mol. The maximum absolute atomic E-state index is 9.09.